The minimum atomic E-state index is -1.25. The van der Waals surface area contributed by atoms with Crippen LogP contribution in [0.5, 0.6) is 5.75 Å². The lowest BCUT2D eigenvalue weighted by Gasteiger charge is -2.41. The van der Waals surface area contributed by atoms with Crippen LogP contribution >= 0.6 is 0 Å². The number of hydrogen-bond acceptors (Lipinski definition) is 6. The molecule has 0 bridgehead atoms. The summed E-state index contributed by atoms with van der Waals surface area (Å²) in [6.07, 6.45) is -2.61. The molecule has 3 aromatic rings. The Bertz CT molecular complexity index is 1230. The van der Waals surface area contributed by atoms with Gasteiger partial charge in [-0.3, -0.25) is 9.59 Å². The first kappa shape index (κ1) is 28.3. The van der Waals surface area contributed by atoms with E-state index in [0.29, 0.717) is 18.9 Å². The summed E-state index contributed by atoms with van der Waals surface area (Å²) in [5.74, 6) is -0.0840. The Morgan fingerprint density at radius 3 is 2.31 bits per heavy atom. The number of rotatable bonds is 10. The number of carbonyl (C=O) groups is 2. The van der Waals surface area contributed by atoms with Gasteiger partial charge in [0, 0.05) is 24.1 Å². The molecule has 206 valence electrons. The summed E-state index contributed by atoms with van der Waals surface area (Å²) < 4.78 is 17.1. The molecule has 3 aromatic carbocycles. The van der Waals surface area contributed by atoms with Crippen molar-refractivity contribution in [2.45, 2.75) is 45.3 Å². The van der Waals surface area contributed by atoms with Gasteiger partial charge in [-0.1, -0.05) is 80.6 Å². The van der Waals surface area contributed by atoms with E-state index in [1.54, 1.807) is 7.11 Å². The van der Waals surface area contributed by atoms with E-state index in [1.807, 2.05) is 92.7 Å². The van der Waals surface area contributed by atoms with Crippen LogP contribution in [0.25, 0.3) is 11.1 Å². The zero-order valence-corrected chi connectivity index (χ0v) is 22.6. The number of ether oxygens (including phenoxy) is 3. The summed E-state index contributed by atoms with van der Waals surface area (Å²) in [7, 11) is 1.59. The van der Waals surface area contributed by atoms with E-state index >= 15 is 0 Å². The van der Waals surface area contributed by atoms with Crippen LogP contribution in [0.3, 0.4) is 0 Å². The maximum absolute atomic E-state index is 13.0. The van der Waals surface area contributed by atoms with E-state index in [4.69, 9.17) is 14.2 Å². The first-order valence-electron chi connectivity index (χ1n) is 13.1. The quantitative estimate of drug-likeness (QED) is 0.365. The molecule has 2 amide bonds. The summed E-state index contributed by atoms with van der Waals surface area (Å²) in [6, 6.07) is 25.2. The standard InChI is InChI=1S/C31H36N2O6/c1-31(2)20-38-30(24-13-15-25(37-3)16-14-24)39-27(31)29(36)32-18-17-26(34)28(35)33-19-21-9-11-23(12-10-21)22-7-5-4-6-8-22/h4-16,26-27,30,34H,17-20H2,1-3H3,(H,32,36)(H,33,35)/t26?,27-,30?/m0/s1. The van der Waals surface area contributed by atoms with Gasteiger partial charge in [-0.05, 0) is 35.2 Å². The normalized spacial score (nSPS) is 19.1. The Balaban J connectivity index is 1.22. The number of aliphatic hydroxyl groups excluding tert-OH is 1. The van der Waals surface area contributed by atoms with Crippen molar-refractivity contribution < 1.29 is 28.9 Å². The monoisotopic (exact) mass is 532 g/mol. The maximum Gasteiger partial charge on any atom is 0.249 e. The molecule has 3 N–H and O–H groups in total. The Morgan fingerprint density at radius 1 is 0.974 bits per heavy atom. The number of nitrogens with one attached hydrogen (secondary N) is 2. The van der Waals surface area contributed by atoms with Gasteiger partial charge in [-0.2, -0.15) is 0 Å². The van der Waals surface area contributed by atoms with Crippen molar-refractivity contribution in [2.24, 2.45) is 5.41 Å². The number of carbonyl (C=O) groups excluding carboxylic acids is 2. The highest BCUT2D eigenvalue weighted by molar-refractivity contribution is 5.82. The van der Waals surface area contributed by atoms with Gasteiger partial charge in [0.1, 0.15) is 18.0 Å². The number of amides is 2. The molecule has 0 saturated carbocycles. The van der Waals surface area contributed by atoms with E-state index in [9.17, 15) is 14.7 Å². The second kappa shape index (κ2) is 12.9. The van der Waals surface area contributed by atoms with Gasteiger partial charge in [0.15, 0.2) is 6.29 Å². The number of benzene rings is 3. The highest BCUT2D eigenvalue weighted by Gasteiger charge is 2.43. The molecule has 1 saturated heterocycles. The lowest BCUT2D eigenvalue weighted by molar-refractivity contribution is -0.258. The molecule has 1 heterocycles. The van der Waals surface area contributed by atoms with Crippen molar-refractivity contribution in [3.05, 3.63) is 90.0 Å². The molecule has 0 aromatic heterocycles. The van der Waals surface area contributed by atoms with Crippen molar-refractivity contribution >= 4 is 11.8 Å². The summed E-state index contributed by atoms with van der Waals surface area (Å²) in [5.41, 5.74) is 3.36. The van der Waals surface area contributed by atoms with Crippen molar-refractivity contribution in [2.75, 3.05) is 20.3 Å². The molecule has 8 nitrogen and oxygen atoms in total. The molecule has 1 fully saturated rings. The molecule has 0 radical (unpaired) electrons. The van der Waals surface area contributed by atoms with Crippen LogP contribution < -0.4 is 15.4 Å². The zero-order chi connectivity index (χ0) is 27.8. The smallest absolute Gasteiger partial charge is 0.249 e. The van der Waals surface area contributed by atoms with E-state index in [-0.39, 0.29) is 18.9 Å². The molecule has 39 heavy (non-hydrogen) atoms. The first-order valence-corrected chi connectivity index (χ1v) is 13.1. The molecular formula is C31H36N2O6. The minimum absolute atomic E-state index is 0.0794. The highest BCUT2D eigenvalue weighted by Crippen LogP contribution is 2.37. The Morgan fingerprint density at radius 2 is 1.64 bits per heavy atom. The fraction of sp³-hybridized carbons (Fsp3) is 0.355. The predicted octanol–water partition coefficient (Wildman–Crippen LogP) is 3.99. The zero-order valence-electron chi connectivity index (χ0n) is 22.6. The van der Waals surface area contributed by atoms with Gasteiger partial charge >= 0.3 is 0 Å². The van der Waals surface area contributed by atoms with E-state index < -0.39 is 29.8 Å². The maximum atomic E-state index is 13.0. The van der Waals surface area contributed by atoms with Crippen LogP contribution in [-0.4, -0.2) is 49.4 Å². The van der Waals surface area contributed by atoms with Crippen molar-refractivity contribution in [1.82, 2.24) is 10.6 Å². The molecule has 1 aliphatic heterocycles. The Kier molecular flexibility index (Phi) is 9.35. The number of methoxy groups -OCH3 is 1. The number of hydrogen-bond donors (Lipinski definition) is 3. The van der Waals surface area contributed by atoms with Gasteiger partial charge in [0.05, 0.1) is 13.7 Å². The van der Waals surface area contributed by atoms with E-state index in [2.05, 4.69) is 10.6 Å². The predicted molar refractivity (Wildman–Crippen MR) is 148 cm³/mol. The SMILES string of the molecule is COc1ccc(C2OCC(C)(C)[C@H](C(=O)NCCC(O)C(=O)NCc3ccc(-c4ccccc4)cc3)O2)cc1. The van der Waals surface area contributed by atoms with E-state index in [1.165, 1.54) is 0 Å². The van der Waals surface area contributed by atoms with Gasteiger partial charge in [0.25, 0.3) is 0 Å². The summed E-state index contributed by atoms with van der Waals surface area (Å²) in [4.78, 5) is 25.4. The molecule has 4 rings (SSSR count). The molecule has 3 atom stereocenters. The van der Waals surface area contributed by atoms with Crippen LogP contribution in [0.2, 0.25) is 0 Å². The van der Waals surface area contributed by atoms with Crippen LogP contribution in [0.4, 0.5) is 0 Å². The summed E-state index contributed by atoms with van der Waals surface area (Å²) in [5, 5.41) is 15.9. The fourth-order valence-electron chi connectivity index (χ4n) is 4.37. The van der Waals surface area contributed by atoms with Crippen molar-refractivity contribution in [1.29, 1.82) is 0 Å². The van der Waals surface area contributed by atoms with Gasteiger partial charge in [0.2, 0.25) is 11.8 Å². The molecule has 0 spiro atoms. The van der Waals surface area contributed by atoms with Crippen LogP contribution in [-0.2, 0) is 25.6 Å². The number of aliphatic hydroxyl groups is 1. The molecular weight excluding hydrogens is 496 g/mol. The molecule has 2 unspecified atom stereocenters. The minimum Gasteiger partial charge on any atom is -0.497 e. The average molecular weight is 533 g/mol. The molecule has 8 heteroatoms. The largest absolute Gasteiger partial charge is 0.497 e. The first-order chi connectivity index (χ1) is 18.8. The van der Waals surface area contributed by atoms with Gasteiger partial charge < -0.3 is 30.0 Å². The third-order valence-corrected chi connectivity index (χ3v) is 6.75. The fourth-order valence-corrected chi connectivity index (χ4v) is 4.37. The van der Waals surface area contributed by atoms with Crippen LogP contribution in [0.1, 0.15) is 37.7 Å². The van der Waals surface area contributed by atoms with Gasteiger partial charge in [-0.25, -0.2) is 0 Å². The van der Waals surface area contributed by atoms with Crippen molar-refractivity contribution in [3.63, 3.8) is 0 Å². The lowest BCUT2D eigenvalue weighted by atomic mass is 9.85. The third-order valence-electron chi connectivity index (χ3n) is 6.75. The Labute approximate surface area is 229 Å². The van der Waals surface area contributed by atoms with Gasteiger partial charge in [-0.15, -0.1) is 0 Å². The molecule has 0 aliphatic carbocycles. The van der Waals surface area contributed by atoms with Crippen LogP contribution in [0, 0.1) is 5.41 Å². The Hall–Kier alpha value is -3.72. The van der Waals surface area contributed by atoms with Crippen molar-refractivity contribution in [3.8, 4) is 16.9 Å². The summed E-state index contributed by atoms with van der Waals surface area (Å²) >= 11 is 0. The summed E-state index contributed by atoms with van der Waals surface area (Å²) in [6.45, 7) is 4.56. The highest BCUT2D eigenvalue weighted by atomic mass is 16.7. The average Bonchev–Trinajstić information content (AvgIpc) is 2.96. The van der Waals surface area contributed by atoms with Crippen LogP contribution in [0.15, 0.2) is 78.9 Å². The topological polar surface area (TPSA) is 106 Å². The third kappa shape index (κ3) is 7.44. The van der Waals surface area contributed by atoms with E-state index in [0.717, 1.165) is 22.3 Å². The molecule has 1 aliphatic rings. The second-order valence-corrected chi connectivity index (χ2v) is 10.3. The second-order valence-electron chi connectivity index (χ2n) is 10.3. The lowest BCUT2D eigenvalue weighted by Crippen LogP contribution is -2.52.